The monoisotopic (exact) mass is 501 g/mol. The molecule has 36 heavy (non-hydrogen) atoms. The Hall–Kier alpha value is -4.11. The molecule has 0 aliphatic carbocycles. The Morgan fingerprint density at radius 2 is 1.72 bits per heavy atom. The van der Waals surface area contributed by atoms with Gasteiger partial charge in [0.2, 0.25) is 0 Å². The van der Waals surface area contributed by atoms with Crippen molar-refractivity contribution in [2.45, 2.75) is 25.2 Å². The van der Waals surface area contributed by atoms with Gasteiger partial charge >= 0.3 is 0 Å². The molecular weight excluding hydrogens is 474 g/mol. The summed E-state index contributed by atoms with van der Waals surface area (Å²) >= 11 is 1.32. The topological polar surface area (TPSA) is 90.6 Å². The molecule has 1 heterocycles. The summed E-state index contributed by atoms with van der Waals surface area (Å²) in [6.07, 6.45) is 1.60. The van der Waals surface area contributed by atoms with Crippen molar-refractivity contribution in [1.82, 2.24) is 20.2 Å². The first kappa shape index (κ1) is 25.0. The number of nitrogens with one attached hydrogen (secondary N) is 1. The van der Waals surface area contributed by atoms with Gasteiger partial charge in [0.25, 0.3) is 5.91 Å². The van der Waals surface area contributed by atoms with E-state index in [1.807, 2.05) is 90.4 Å². The molecule has 0 spiro atoms. The number of hydrogen-bond acceptors (Lipinski definition) is 7. The van der Waals surface area contributed by atoms with Gasteiger partial charge in [-0.15, -0.1) is 10.2 Å². The molecule has 3 aromatic carbocycles. The summed E-state index contributed by atoms with van der Waals surface area (Å²) in [4.78, 5) is 12.3. The fourth-order valence-electron chi connectivity index (χ4n) is 3.37. The van der Waals surface area contributed by atoms with Crippen molar-refractivity contribution >= 4 is 23.9 Å². The first-order valence-electron chi connectivity index (χ1n) is 11.5. The van der Waals surface area contributed by atoms with E-state index in [9.17, 15) is 4.79 Å². The lowest BCUT2D eigenvalue weighted by atomic mass is 10.2. The molecule has 4 aromatic rings. The number of benzene rings is 3. The molecule has 0 bridgehead atoms. The highest BCUT2D eigenvalue weighted by molar-refractivity contribution is 7.99. The number of hydrazone groups is 1. The smallest absolute Gasteiger partial charge is 0.250 e. The van der Waals surface area contributed by atoms with Crippen molar-refractivity contribution < 1.29 is 14.3 Å². The van der Waals surface area contributed by atoms with Crippen LogP contribution < -0.4 is 14.9 Å². The number of aromatic nitrogens is 3. The van der Waals surface area contributed by atoms with E-state index in [0.717, 1.165) is 34.0 Å². The fraction of sp³-hybridized carbons (Fsp3) is 0.185. The Labute approximate surface area is 214 Å². The van der Waals surface area contributed by atoms with Crippen LogP contribution in [0.2, 0.25) is 0 Å². The highest BCUT2D eigenvalue weighted by Gasteiger charge is 2.14. The number of carbonyl (C=O) groups excluding carboxylic acids is 1. The molecule has 0 unspecified atom stereocenters. The normalized spacial score (nSPS) is 10.9. The summed E-state index contributed by atoms with van der Waals surface area (Å²) in [5.41, 5.74) is 5.45. The van der Waals surface area contributed by atoms with Crippen molar-refractivity contribution in [2.75, 3.05) is 12.9 Å². The molecular formula is C27H27N5O3S. The number of amides is 1. The predicted octanol–water partition coefficient (Wildman–Crippen LogP) is 4.80. The molecule has 0 saturated carbocycles. The second-order valence-corrected chi connectivity index (χ2v) is 8.65. The molecule has 1 amide bonds. The number of rotatable bonds is 11. The van der Waals surface area contributed by atoms with Crippen LogP contribution in [0.4, 0.5) is 0 Å². The van der Waals surface area contributed by atoms with Crippen molar-refractivity contribution in [3.05, 3.63) is 90.0 Å². The summed E-state index contributed by atoms with van der Waals surface area (Å²) in [6, 6.07) is 25.2. The Kier molecular flexibility index (Phi) is 8.72. The van der Waals surface area contributed by atoms with Crippen LogP contribution in [-0.4, -0.2) is 39.7 Å². The van der Waals surface area contributed by atoms with Gasteiger partial charge in [-0.25, -0.2) is 5.43 Å². The van der Waals surface area contributed by atoms with Crippen LogP contribution in [0.3, 0.4) is 0 Å². The van der Waals surface area contributed by atoms with E-state index in [1.165, 1.54) is 11.8 Å². The maximum Gasteiger partial charge on any atom is 0.250 e. The van der Waals surface area contributed by atoms with Gasteiger partial charge in [0, 0.05) is 12.1 Å². The number of carbonyl (C=O) groups is 1. The van der Waals surface area contributed by atoms with Crippen LogP contribution in [0, 0.1) is 0 Å². The Bertz CT molecular complexity index is 1290. The minimum absolute atomic E-state index is 0.171. The summed E-state index contributed by atoms with van der Waals surface area (Å²) < 4.78 is 13.0. The van der Waals surface area contributed by atoms with Gasteiger partial charge in [-0.3, -0.25) is 4.79 Å². The molecule has 0 fully saturated rings. The van der Waals surface area contributed by atoms with Gasteiger partial charge in [-0.1, -0.05) is 42.1 Å². The van der Waals surface area contributed by atoms with Gasteiger partial charge in [-0.2, -0.15) is 5.10 Å². The molecule has 184 valence electrons. The number of methoxy groups -OCH3 is 1. The first-order valence-corrected chi connectivity index (χ1v) is 12.4. The second-order valence-electron chi connectivity index (χ2n) is 7.70. The molecule has 4 rings (SSSR count). The van der Waals surface area contributed by atoms with Crippen molar-refractivity contribution in [2.24, 2.45) is 5.10 Å². The third kappa shape index (κ3) is 6.73. The van der Waals surface area contributed by atoms with Crippen molar-refractivity contribution in [3.8, 4) is 22.9 Å². The molecule has 0 radical (unpaired) electrons. The maximum absolute atomic E-state index is 12.3. The van der Waals surface area contributed by atoms with Gasteiger partial charge < -0.3 is 14.0 Å². The molecule has 0 atom stereocenters. The maximum atomic E-state index is 12.3. The summed E-state index contributed by atoms with van der Waals surface area (Å²) in [5.74, 6) is 2.24. The van der Waals surface area contributed by atoms with Crippen molar-refractivity contribution in [1.29, 1.82) is 0 Å². The lowest BCUT2D eigenvalue weighted by Gasteiger charge is -2.07. The largest absolute Gasteiger partial charge is 0.497 e. The van der Waals surface area contributed by atoms with E-state index in [4.69, 9.17) is 9.47 Å². The Morgan fingerprint density at radius 3 is 2.42 bits per heavy atom. The van der Waals surface area contributed by atoms with Crippen molar-refractivity contribution in [3.63, 3.8) is 0 Å². The number of hydrogen-bond donors (Lipinski definition) is 1. The van der Waals surface area contributed by atoms with Crippen LogP contribution in [0.25, 0.3) is 11.4 Å². The molecule has 0 aliphatic heterocycles. The summed E-state index contributed by atoms with van der Waals surface area (Å²) in [5, 5.41) is 13.3. The van der Waals surface area contributed by atoms with E-state index in [0.29, 0.717) is 18.3 Å². The standard InChI is InChI=1S/C27H27N5O3S/c1-3-32-26(22-11-15-23(34-2)16-12-22)30-31-27(32)36-19-25(33)29-28-17-20-9-13-24(14-10-20)35-18-21-7-5-4-6-8-21/h4-17H,3,18-19H2,1-2H3,(H,29,33)/b28-17-. The van der Waals surface area contributed by atoms with Crippen LogP contribution in [-0.2, 0) is 17.9 Å². The van der Waals surface area contributed by atoms with Gasteiger partial charge in [0.1, 0.15) is 18.1 Å². The first-order chi connectivity index (χ1) is 17.7. The summed E-state index contributed by atoms with van der Waals surface area (Å²) in [6.45, 7) is 3.21. The van der Waals surface area contributed by atoms with E-state index < -0.39 is 0 Å². The third-order valence-corrected chi connectivity index (χ3v) is 6.21. The highest BCUT2D eigenvalue weighted by atomic mass is 32.2. The Morgan fingerprint density at radius 1 is 1.00 bits per heavy atom. The van der Waals surface area contributed by atoms with Gasteiger partial charge in [0.05, 0.1) is 19.1 Å². The SMILES string of the molecule is CCn1c(SCC(=O)N/N=C\c2ccc(OCc3ccccc3)cc2)nnc1-c1ccc(OC)cc1. The number of ether oxygens (including phenoxy) is 2. The lowest BCUT2D eigenvalue weighted by molar-refractivity contribution is -0.118. The van der Waals surface area contributed by atoms with Crippen LogP contribution >= 0.6 is 11.8 Å². The van der Waals surface area contributed by atoms with E-state index >= 15 is 0 Å². The minimum Gasteiger partial charge on any atom is -0.497 e. The zero-order chi connectivity index (χ0) is 25.2. The minimum atomic E-state index is -0.226. The van der Waals surface area contributed by atoms with Gasteiger partial charge in [0.15, 0.2) is 11.0 Å². The highest BCUT2D eigenvalue weighted by Crippen LogP contribution is 2.25. The van der Waals surface area contributed by atoms with Crippen LogP contribution in [0.5, 0.6) is 11.5 Å². The van der Waals surface area contributed by atoms with E-state index in [1.54, 1.807) is 13.3 Å². The molecule has 1 aromatic heterocycles. The van der Waals surface area contributed by atoms with Crippen LogP contribution in [0.1, 0.15) is 18.1 Å². The zero-order valence-electron chi connectivity index (χ0n) is 20.1. The fourth-order valence-corrected chi connectivity index (χ4v) is 4.16. The molecule has 0 aliphatic rings. The average molecular weight is 502 g/mol. The quantitative estimate of drug-likeness (QED) is 0.180. The molecule has 9 heteroatoms. The average Bonchev–Trinajstić information content (AvgIpc) is 3.35. The van der Waals surface area contributed by atoms with Gasteiger partial charge in [-0.05, 0) is 66.6 Å². The zero-order valence-corrected chi connectivity index (χ0v) is 20.9. The summed E-state index contributed by atoms with van der Waals surface area (Å²) in [7, 11) is 1.63. The number of thioether (sulfide) groups is 1. The molecule has 8 nitrogen and oxygen atoms in total. The van der Waals surface area contributed by atoms with E-state index in [-0.39, 0.29) is 11.7 Å². The van der Waals surface area contributed by atoms with Crippen LogP contribution in [0.15, 0.2) is 89.1 Å². The van der Waals surface area contributed by atoms with E-state index in [2.05, 4.69) is 20.7 Å². The predicted molar refractivity (Wildman–Crippen MR) is 141 cm³/mol. The lowest BCUT2D eigenvalue weighted by Crippen LogP contribution is -2.20. The third-order valence-electron chi connectivity index (χ3n) is 5.24. The Balaban J connectivity index is 1.26. The number of nitrogens with zero attached hydrogens (tertiary/aromatic N) is 4. The molecule has 1 N–H and O–H groups in total. The molecule has 0 saturated heterocycles. The second kappa shape index (κ2) is 12.6.